The molecular weight excluding hydrogens is 286 g/mol. The predicted molar refractivity (Wildman–Crippen MR) is 91.5 cm³/mol. The second-order valence-corrected chi connectivity index (χ2v) is 6.05. The lowest BCUT2D eigenvalue weighted by atomic mass is 9.77. The minimum Gasteiger partial charge on any atom is -0.446 e. The van der Waals surface area contributed by atoms with Gasteiger partial charge in [0.2, 0.25) is 0 Å². The molecule has 0 aliphatic carbocycles. The van der Waals surface area contributed by atoms with Crippen molar-refractivity contribution in [2.45, 2.75) is 38.8 Å². The van der Waals surface area contributed by atoms with E-state index in [2.05, 4.69) is 29.6 Å². The molecule has 3 atom stereocenters. The molecule has 1 fully saturated rings. The van der Waals surface area contributed by atoms with Gasteiger partial charge in [0.05, 0.1) is 6.54 Å². The van der Waals surface area contributed by atoms with E-state index in [1.165, 1.54) is 6.92 Å². The summed E-state index contributed by atoms with van der Waals surface area (Å²) in [4.78, 5) is 13.7. The van der Waals surface area contributed by atoms with Crippen LogP contribution in [0.5, 0.6) is 0 Å². The normalized spacial score (nSPS) is 27.4. The summed E-state index contributed by atoms with van der Waals surface area (Å²) in [6.07, 6.45) is 6.33. The number of esters is 1. The number of terminal acetylenes is 1. The van der Waals surface area contributed by atoms with Gasteiger partial charge in [-0.25, -0.2) is 0 Å². The lowest BCUT2D eigenvalue weighted by Gasteiger charge is -2.46. The Hall–Kier alpha value is -2.23. The second kappa shape index (κ2) is 7.36. The minimum atomic E-state index is -0.797. The SMILES string of the molecule is C#CC1(OC(C)=O)CCN(CC#Cc2ccccc2)C(C)C1C. The van der Waals surface area contributed by atoms with E-state index >= 15 is 0 Å². The highest BCUT2D eigenvalue weighted by atomic mass is 16.6. The molecule has 3 unspecified atom stereocenters. The van der Waals surface area contributed by atoms with E-state index in [1.54, 1.807) is 0 Å². The van der Waals surface area contributed by atoms with Crippen LogP contribution in [0.1, 0.15) is 32.8 Å². The first kappa shape index (κ1) is 17.1. The molecule has 23 heavy (non-hydrogen) atoms. The van der Waals surface area contributed by atoms with Crippen molar-refractivity contribution in [2.24, 2.45) is 5.92 Å². The van der Waals surface area contributed by atoms with Gasteiger partial charge in [0.15, 0.2) is 5.60 Å². The molecule has 0 aromatic heterocycles. The van der Waals surface area contributed by atoms with Gasteiger partial charge in [-0.1, -0.05) is 42.9 Å². The largest absolute Gasteiger partial charge is 0.446 e. The fourth-order valence-corrected chi connectivity index (χ4v) is 3.07. The molecule has 3 nitrogen and oxygen atoms in total. The molecule has 0 spiro atoms. The second-order valence-electron chi connectivity index (χ2n) is 6.05. The van der Waals surface area contributed by atoms with Crippen LogP contribution >= 0.6 is 0 Å². The summed E-state index contributed by atoms with van der Waals surface area (Å²) in [5.41, 5.74) is 0.220. The molecule has 0 N–H and O–H groups in total. The molecule has 0 bridgehead atoms. The number of nitrogens with zero attached hydrogens (tertiary/aromatic N) is 1. The highest BCUT2D eigenvalue weighted by molar-refractivity contribution is 5.67. The molecule has 1 saturated heterocycles. The number of piperidine rings is 1. The van der Waals surface area contributed by atoms with Crippen molar-refractivity contribution in [3.63, 3.8) is 0 Å². The van der Waals surface area contributed by atoms with Crippen LogP contribution in [0.3, 0.4) is 0 Å². The molecule has 120 valence electrons. The first-order valence-electron chi connectivity index (χ1n) is 7.94. The van der Waals surface area contributed by atoms with Gasteiger partial charge in [-0.15, -0.1) is 6.42 Å². The van der Waals surface area contributed by atoms with E-state index < -0.39 is 5.60 Å². The van der Waals surface area contributed by atoms with Crippen molar-refractivity contribution in [3.05, 3.63) is 35.9 Å². The van der Waals surface area contributed by atoms with Gasteiger partial charge >= 0.3 is 5.97 Å². The van der Waals surface area contributed by atoms with Gasteiger partial charge in [-0.05, 0) is 19.1 Å². The molecule has 0 amide bonds. The Morgan fingerprint density at radius 2 is 2.09 bits per heavy atom. The number of carbonyl (C=O) groups excluding carboxylic acids is 1. The average Bonchev–Trinajstić information content (AvgIpc) is 2.55. The molecule has 1 aliphatic rings. The van der Waals surface area contributed by atoms with E-state index in [4.69, 9.17) is 11.2 Å². The summed E-state index contributed by atoms with van der Waals surface area (Å²) in [6.45, 7) is 7.02. The lowest BCUT2D eigenvalue weighted by molar-refractivity contribution is -0.163. The van der Waals surface area contributed by atoms with Crippen molar-refractivity contribution in [2.75, 3.05) is 13.1 Å². The van der Waals surface area contributed by atoms with E-state index in [1.807, 2.05) is 37.3 Å². The zero-order valence-corrected chi connectivity index (χ0v) is 14.0. The van der Waals surface area contributed by atoms with E-state index in [0.29, 0.717) is 13.0 Å². The predicted octanol–water partition coefficient (Wildman–Crippen LogP) is 2.70. The fourth-order valence-electron chi connectivity index (χ4n) is 3.07. The molecular formula is C20H23NO2. The first-order chi connectivity index (χ1) is 11.0. The molecule has 2 rings (SSSR count). The Kier molecular flexibility index (Phi) is 5.48. The van der Waals surface area contributed by atoms with Crippen LogP contribution in [0.4, 0.5) is 0 Å². The van der Waals surface area contributed by atoms with Gasteiger partial charge in [0.25, 0.3) is 0 Å². The Morgan fingerprint density at radius 1 is 1.39 bits per heavy atom. The van der Waals surface area contributed by atoms with Gasteiger partial charge in [0, 0.05) is 37.4 Å². The number of benzene rings is 1. The number of likely N-dealkylation sites (tertiary alicyclic amines) is 1. The number of carbonyl (C=O) groups is 1. The number of ether oxygens (including phenoxy) is 1. The Labute approximate surface area is 139 Å². The third-order valence-corrected chi connectivity index (χ3v) is 4.66. The quantitative estimate of drug-likeness (QED) is 0.621. The van der Waals surface area contributed by atoms with Gasteiger partial charge in [-0.3, -0.25) is 9.69 Å². The van der Waals surface area contributed by atoms with Crippen LogP contribution in [0.2, 0.25) is 0 Å². The van der Waals surface area contributed by atoms with Crippen LogP contribution in [0, 0.1) is 30.1 Å². The van der Waals surface area contributed by atoms with E-state index in [0.717, 1.165) is 12.1 Å². The topological polar surface area (TPSA) is 29.5 Å². The zero-order chi connectivity index (χ0) is 16.9. The summed E-state index contributed by atoms with van der Waals surface area (Å²) in [5, 5.41) is 0. The highest BCUT2D eigenvalue weighted by Gasteiger charge is 2.45. The summed E-state index contributed by atoms with van der Waals surface area (Å²) in [7, 11) is 0. The van der Waals surface area contributed by atoms with Crippen LogP contribution in [-0.4, -0.2) is 35.6 Å². The van der Waals surface area contributed by atoms with Crippen molar-refractivity contribution < 1.29 is 9.53 Å². The van der Waals surface area contributed by atoms with E-state index in [9.17, 15) is 4.79 Å². The van der Waals surface area contributed by atoms with Gasteiger partial charge in [-0.2, -0.15) is 0 Å². The smallest absolute Gasteiger partial charge is 0.304 e. The van der Waals surface area contributed by atoms with Crippen molar-refractivity contribution in [1.29, 1.82) is 0 Å². The standard InChI is InChI=1S/C20H23NO2/c1-5-20(23-18(4)22)13-15-21(17(3)16(20)2)14-9-12-19-10-7-6-8-11-19/h1,6-8,10-11,16-17H,13-15H2,2-4H3. The van der Waals surface area contributed by atoms with Crippen molar-refractivity contribution in [3.8, 4) is 24.2 Å². The van der Waals surface area contributed by atoms with Gasteiger partial charge < -0.3 is 4.74 Å². The number of hydrogen-bond acceptors (Lipinski definition) is 3. The Morgan fingerprint density at radius 3 is 2.70 bits per heavy atom. The maximum Gasteiger partial charge on any atom is 0.304 e. The third-order valence-electron chi connectivity index (χ3n) is 4.66. The minimum absolute atomic E-state index is 0.0590. The summed E-state index contributed by atoms with van der Waals surface area (Å²) < 4.78 is 5.50. The summed E-state index contributed by atoms with van der Waals surface area (Å²) in [5.74, 6) is 8.87. The molecule has 0 radical (unpaired) electrons. The van der Waals surface area contributed by atoms with Crippen LogP contribution in [0.25, 0.3) is 0 Å². The fraction of sp³-hybridized carbons (Fsp3) is 0.450. The van der Waals surface area contributed by atoms with E-state index in [-0.39, 0.29) is 17.9 Å². The maximum atomic E-state index is 11.4. The Balaban J connectivity index is 2.04. The first-order valence-corrected chi connectivity index (χ1v) is 7.94. The summed E-state index contributed by atoms with van der Waals surface area (Å²) >= 11 is 0. The van der Waals surface area contributed by atoms with Gasteiger partial charge in [0.1, 0.15) is 0 Å². The maximum absolute atomic E-state index is 11.4. The van der Waals surface area contributed by atoms with Crippen LogP contribution < -0.4 is 0 Å². The molecule has 1 aromatic carbocycles. The van der Waals surface area contributed by atoms with Crippen molar-refractivity contribution in [1.82, 2.24) is 4.90 Å². The monoisotopic (exact) mass is 309 g/mol. The highest BCUT2D eigenvalue weighted by Crippen LogP contribution is 2.35. The van der Waals surface area contributed by atoms with Crippen molar-refractivity contribution >= 4 is 5.97 Å². The molecule has 3 heteroatoms. The average molecular weight is 309 g/mol. The molecule has 0 saturated carbocycles. The zero-order valence-electron chi connectivity index (χ0n) is 14.0. The Bertz CT molecular complexity index is 650. The number of rotatable bonds is 2. The summed E-state index contributed by atoms with van der Waals surface area (Å²) in [6, 6.07) is 10.1. The van der Waals surface area contributed by atoms with Crippen LogP contribution in [-0.2, 0) is 9.53 Å². The third kappa shape index (κ3) is 3.95. The van der Waals surface area contributed by atoms with Crippen LogP contribution in [0.15, 0.2) is 30.3 Å². The molecule has 1 aliphatic heterocycles. The molecule has 1 heterocycles. The molecule has 1 aromatic rings. The number of hydrogen-bond donors (Lipinski definition) is 0. The lowest BCUT2D eigenvalue weighted by Crippen LogP contribution is -2.56.